The maximum atomic E-state index is 10.9. The monoisotopic (exact) mass is 266 g/mol. The van der Waals surface area contributed by atoms with E-state index in [9.17, 15) is 18.0 Å². The van der Waals surface area contributed by atoms with Crippen molar-refractivity contribution >= 4 is 22.1 Å². The fourth-order valence-electron chi connectivity index (χ4n) is 1.33. The van der Waals surface area contributed by atoms with Crippen LogP contribution in [0, 0.1) is 0 Å². The minimum atomic E-state index is -3.89. The number of amides is 3. The van der Waals surface area contributed by atoms with Crippen LogP contribution in [-0.2, 0) is 14.9 Å². The first-order valence-corrected chi connectivity index (χ1v) is 6.87. The second-order valence-electron chi connectivity index (χ2n) is 3.71. The van der Waals surface area contributed by atoms with Crippen LogP contribution in [0.4, 0.5) is 4.79 Å². The maximum Gasteiger partial charge on any atom is 0.321 e. The van der Waals surface area contributed by atoms with Crippen LogP contribution in [0.3, 0.4) is 0 Å². The van der Waals surface area contributed by atoms with Crippen LogP contribution in [0.5, 0.6) is 0 Å². The summed E-state index contributed by atoms with van der Waals surface area (Å²) < 4.78 is 29.3. The molecule has 0 heterocycles. The van der Waals surface area contributed by atoms with E-state index < -0.39 is 22.1 Å². The zero-order valence-electron chi connectivity index (χ0n) is 9.76. The molecule has 0 bridgehead atoms. The van der Waals surface area contributed by atoms with Crippen LogP contribution in [0.1, 0.15) is 32.6 Å². The van der Waals surface area contributed by atoms with Gasteiger partial charge in [-0.1, -0.05) is 12.8 Å². The molecule has 0 aromatic rings. The molecule has 100 valence electrons. The van der Waals surface area contributed by atoms with Crippen molar-refractivity contribution in [3.05, 3.63) is 0 Å². The van der Waals surface area contributed by atoms with E-state index in [0.29, 0.717) is 25.7 Å². The maximum absolute atomic E-state index is 10.9. The van der Waals surface area contributed by atoms with E-state index in [1.54, 1.807) is 0 Å². The van der Waals surface area contributed by atoms with Crippen molar-refractivity contribution in [2.24, 2.45) is 5.73 Å². The topological polar surface area (TPSA) is 118 Å². The summed E-state index contributed by atoms with van der Waals surface area (Å²) in [4.78, 5) is 22.7. The molecule has 0 aliphatic rings. The van der Waals surface area contributed by atoms with Crippen molar-refractivity contribution in [3.8, 4) is 0 Å². The van der Waals surface area contributed by atoms with Crippen LogP contribution in [0.15, 0.2) is 0 Å². The molecular weight excluding hydrogens is 248 g/mol. The number of nitrogens with two attached hydrogens (primary N) is 1. The van der Waals surface area contributed by atoms with Crippen LogP contribution in [0.25, 0.3) is 0 Å². The van der Waals surface area contributed by atoms with Gasteiger partial charge in [-0.2, -0.15) is 8.42 Å². The molecule has 0 aromatic heterocycles. The van der Waals surface area contributed by atoms with Gasteiger partial charge in [-0.3, -0.25) is 14.2 Å². The Hall–Kier alpha value is -1.15. The summed E-state index contributed by atoms with van der Waals surface area (Å²) in [6.07, 6.45) is 2.18. The van der Waals surface area contributed by atoms with Gasteiger partial charge >= 0.3 is 6.03 Å². The Balaban J connectivity index is 3.70. The van der Waals surface area contributed by atoms with Gasteiger partial charge in [-0.05, 0) is 12.8 Å². The van der Waals surface area contributed by atoms with Crippen LogP contribution >= 0.6 is 0 Å². The van der Waals surface area contributed by atoms with E-state index in [1.807, 2.05) is 0 Å². The first-order valence-electron chi connectivity index (χ1n) is 5.26. The van der Waals surface area contributed by atoms with Gasteiger partial charge in [0.1, 0.15) is 0 Å². The number of hydrogen-bond acceptors (Lipinski definition) is 4. The van der Waals surface area contributed by atoms with Crippen molar-refractivity contribution in [1.29, 1.82) is 0 Å². The first-order chi connectivity index (χ1) is 7.74. The molecule has 3 N–H and O–H groups in total. The molecule has 0 aromatic carbocycles. The fraction of sp³-hybridized carbons (Fsp3) is 0.778. The van der Waals surface area contributed by atoms with E-state index in [1.165, 1.54) is 6.92 Å². The van der Waals surface area contributed by atoms with Gasteiger partial charge < -0.3 is 5.73 Å². The van der Waals surface area contributed by atoms with E-state index in [2.05, 4.69) is 0 Å². The molecule has 0 spiro atoms. The number of hydrogen-bond donors (Lipinski definition) is 2. The number of unbranched alkanes of at least 4 members (excludes halogenated alkanes) is 3. The zero-order valence-corrected chi connectivity index (χ0v) is 10.6. The van der Waals surface area contributed by atoms with Gasteiger partial charge in [-0.15, -0.1) is 0 Å². The zero-order chi connectivity index (χ0) is 13.5. The summed E-state index contributed by atoms with van der Waals surface area (Å²) in [5, 5.41) is 0. The van der Waals surface area contributed by atoms with Crippen LogP contribution in [0.2, 0.25) is 0 Å². The Morgan fingerprint density at radius 3 is 2.12 bits per heavy atom. The standard InChI is InChI=1S/C9H18N2O5S/c1-8(12)11(9(10)13)6-4-2-3-5-7-17(14,15)16/h2-7H2,1H3,(H2,10,13)(H,14,15,16). The number of carbonyl (C=O) groups is 2. The summed E-state index contributed by atoms with van der Waals surface area (Å²) in [6.45, 7) is 1.49. The number of carbonyl (C=O) groups excluding carboxylic acids is 2. The van der Waals surface area contributed by atoms with E-state index in [0.717, 1.165) is 4.90 Å². The Morgan fingerprint density at radius 2 is 1.71 bits per heavy atom. The van der Waals surface area contributed by atoms with Gasteiger partial charge in [0.05, 0.1) is 5.75 Å². The fourth-order valence-corrected chi connectivity index (χ4v) is 1.90. The van der Waals surface area contributed by atoms with Gasteiger partial charge in [0.25, 0.3) is 10.1 Å². The third-order valence-corrected chi connectivity index (χ3v) is 2.98. The van der Waals surface area contributed by atoms with Crippen LogP contribution < -0.4 is 5.73 Å². The molecule has 0 atom stereocenters. The molecule has 0 saturated heterocycles. The predicted octanol–water partition coefficient (Wildman–Crippen LogP) is 0.362. The Bertz CT molecular complexity index is 352. The first kappa shape index (κ1) is 15.9. The van der Waals surface area contributed by atoms with E-state index >= 15 is 0 Å². The molecular formula is C9H18N2O5S. The Labute approximate surface area is 101 Å². The number of imide groups is 1. The second-order valence-corrected chi connectivity index (χ2v) is 5.28. The summed E-state index contributed by atoms with van der Waals surface area (Å²) in [7, 11) is -3.89. The van der Waals surface area contributed by atoms with Crippen molar-refractivity contribution in [2.75, 3.05) is 12.3 Å². The third kappa shape index (κ3) is 8.64. The second kappa shape index (κ2) is 7.23. The summed E-state index contributed by atoms with van der Waals surface area (Å²) in [5.74, 6) is -0.672. The lowest BCUT2D eigenvalue weighted by Gasteiger charge is -2.15. The van der Waals surface area contributed by atoms with Crippen molar-refractivity contribution < 1.29 is 22.6 Å². The van der Waals surface area contributed by atoms with Crippen molar-refractivity contribution in [1.82, 2.24) is 4.90 Å². The van der Waals surface area contributed by atoms with E-state index in [4.69, 9.17) is 10.3 Å². The minimum absolute atomic E-state index is 0.233. The number of rotatable bonds is 7. The molecule has 0 aliphatic heterocycles. The van der Waals surface area contributed by atoms with Gasteiger partial charge in [0.2, 0.25) is 5.91 Å². The predicted molar refractivity (Wildman–Crippen MR) is 61.9 cm³/mol. The summed E-state index contributed by atoms with van der Waals surface area (Å²) >= 11 is 0. The van der Waals surface area contributed by atoms with Gasteiger partial charge in [0, 0.05) is 13.5 Å². The lowest BCUT2D eigenvalue weighted by atomic mass is 10.2. The molecule has 17 heavy (non-hydrogen) atoms. The lowest BCUT2D eigenvalue weighted by molar-refractivity contribution is -0.125. The summed E-state index contributed by atoms with van der Waals surface area (Å²) in [5.41, 5.74) is 4.99. The molecule has 3 amide bonds. The largest absolute Gasteiger partial charge is 0.351 e. The van der Waals surface area contributed by atoms with E-state index in [-0.39, 0.29) is 12.3 Å². The van der Waals surface area contributed by atoms with Crippen molar-refractivity contribution in [2.45, 2.75) is 32.6 Å². The Kier molecular flexibility index (Phi) is 6.74. The average molecular weight is 266 g/mol. The molecule has 0 aliphatic carbocycles. The quantitative estimate of drug-likeness (QED) is 0.509. The highest BCUT2D eigenvalue weighted by Crippen LogP contribution is 2.03. The summed E-state index contributed by atoms with van der Waals surface area (Å²) in [6, 6.07) is -0.782. The molecule has 0 rings (SSSR count). The van der Waals surface area contributed by atoms with Gasteiger partial charge in [0.15, 0.2) is 0 Å². The van der Waals surface area contributed by atoms with Gasteiger partial charge in [-0.25, -0.2) is 4.79 Å². The van der Waals surface area contributed by atoms with Crippen molar-refractivity contribution in [3.63, 3.8) is 0 Å². The molecule has 0 radical (unpaired) electrons. The smallest absolute Gasteiger partial charge is 0.321 e. The lowest BCUT2D eigenvalue weighted by Crippen LogP contribution is -2.39. The Morgan fingerprint density at radius 1 is 1.18 bits per heavy atom. The van der Waals surface area contributed by atoms with Crippen LogP contribution in [-0.4, -0.2) is 42.1 Å². The molecule has 0 saturated carbocycles. The highest BCUT2D eigenvalue weighted by Gasteiger charge is 2.13. The minimum Gasteiger partial charge on any atom is -0.351 e. The SMILES string of the molecule is CC(=O)N(CCCCCCS(=O)(=O)O)C(N)=O. The number of urea groups is 1. The number of nitrogens with zero attached hydrogens (tertiary/aromatic N) is 1. The average Bonchev–Trinajstić information content (AvgIpc) is 2.13. The molecule has 0 fully saturated rings. The molecule has 7 nitrogen and oxygen atoms in total. The molecule has 8 heteroatoms. The highest BCUT2D eigenvalue weighted by atomic mass is 32.2. The highest BCUT2D eigenvalue weighted by molar-refractivity contribution is 7.85. The third-order valence-electron chi connectivity index (χ3n) is 2.18. The molecule has 0 unspecified atom stereocenters. The number of primary amides is 1. The normalized spacial score (nSPS) is 11.2.